The van der Waals surface area contributed by atoms with Crippen molar-refractivity contribution in [3.63, 3.8) is 0 Å². The summed E-state index contributed by atoms with van der Waals surface area (Å²) in [5, 5.41) is 1.75. The van der Waals surface area contributed by atoms with E-state index in [1.165, 1.54) is 22.5 Å². The van der Waals surface area contributed by atoms with Gasteiger partial charge in [0.2, 0.25) is 0 Å². The molecule has 6 heteroatoms. The second-order valence-corrected chi connectivity index (χ2v) is 5.99. The first kappa shape index (κ1) is 14.1. The molecule has 4 nitrogen and oxygen atoms in total. The number of fused-ring (bicyclic) bond motifs is 1. The van der Waals surface area contributed by atoms with Gasteiger partial charge in [0.15, 0.2) is 5.16 Å². The molecule has 0 radical (unpaired) electrons. The van der Waals surface area contributed by atoms with Crippen molar-refractivity contribution in [1.82, 2.24) is 14.5 Å². The zero-order valence-electron chi connectivity index (χ0n) is 11.3. The summed E-state index contributed by atoms with van der Waals surface area (Å²) >= 11 is 7.37. The van der Waals surface area contributed by atoms with Crippen LogP contribution in [-0.2, 0) is 0 Å². The molecule has 0 spiro atoms. The molecule has 2 aromatic heterocycles. The van der Waals surface area contributed by atoms with E-state index in [9.17, 15) is 4.79 Å². The molecule has 0 saturated carbocycles. The molecule has 2 heterocycles. The van der Waals surface area contributed by atoms with E-state index in [-0.39, 0.29) is 5.56 Å². The summed E-state index contributed by atoms with van der Waals surface area (Å²) in [6, 6.07) is 10.8. The minimum atomic E-state index is -0.119. The minimum absolute atomic E-state index is 0.119. The van der Waals surface area contributed by atoms with Crippen molar-refractivity contribution in [2.24, 2.45) is 0 Å². The molecule has 0 aliphatic carbocycles. The third-order valence-electron chi connectivity index (χ3n) is 2.96. The van der Waals surface area contributed by atoms with Gasteiger partial charge >= 0.3 is 0 Å². The molecule has 0 N–H and O–H groups in total. The lowest BCUT2D eigenvalue weighted by Gasteiger charge is -2.11. The van der Waals surface area contributed by atoms with Crippen LogP contribution in [0.15, 0.2) is 52.5 Å². The van der Waals surface area contributed by atoms with E-state index in [2.05, 4.69) is 9.97 Å². The highest BCUT2D eigenvalue weighted by Gasteiger charge is 2.13. The minimum Gasteiger partial charge on any atom is -0.268 e. The molecule has 0 atom stereocenters. The van der Waals surface area contributed by atoms with Crippen LogP contribution in [0.25, 0.3) is 16.7 Å². The lowest BCUT2D eigenvalue weighted by molar-refractivity contribution is 0.796. The monoisotopic (exact) mass is 317 g/mol. The molecule has 0 fully saturated rings. The Balaban J connectivity index is 2.33. The molecule has 0 saturated heterocycles. The number of para-hydroxylation sites is 1. The summed E-state index contributed by atoms with van der Waals surface area (Å²) in [6.45, 7) is 2.02. The Morgan fingerprint density at radius 1 is 1.24 bits per heavy atom. The Bertz CT molecular complexity index is 846. The van der Waals surface area contributed by atoms with E-state index in [0.717, 1.165) is 5.75 Å². The molecule has 3 rings (SSSR count). The number of pyridine rings is 1. The van der Waals surface area contributed by atoms with Gasteiger partial charge in [-0.25, -0.2) is 14.5 Å². The fraction of sp³-hybridized carbons (Fsp3) is 0.133. The van der Waals surface area contributed by atoms with Crippen LogP contribution in [0.2, 0.25) is 5.02 Å². The molecule has 0 unspecified atom stereocenters. The maximum Gasteiger partial charge on any atom is 0.267 e. The fourth-order valence-electron chi connectivity index (χ4n) is 2.04. The van der Waals surface area contributed by atoms with E-state index < -0.39 is 0 Å². The topological polar surface area (TPSA) is 47.8 Å². The van der Waals surface area contributed by atoms with Gasteiger partial charge in [0.1, 0.15) is 5.82 Å². The summed E-state index contributed by atoms with van der Waals surface area (Å²) in [5.41, 5.74) is 0.579. The largest absolute Gasteiger partial charge is 0.268 e. The number of hydrogen-bond donors (Lipinski definition) is 0. The number of rotatable bonds is 3. The maximum atomic E-state index is 12.7. The van der Waals surface area contributed by atoms with Crippen molar-refractivity contribution >= 4 is 34.3 Å². The van der Waals surface area contributed by atoms with Gasteiger partial charge in [0.05, 0.1) is 15.9 Å². The maximum absolute atomic E-state index is 12.7. The number of hydrogen-bond acceptors (Lipinski definition) is 4. The number of nitrogens with zero attached hydrogens (tertiary/aromatic N) is 3. The third-order valence-corrected chi connectivity index (χ3v) is 4.00. The highest BCUT2D eigenvalue weighted by Crippen LogP contribution is 2.20. The lowest BCUT2D eigenvalue weighted by atomic mass is 10.2. The van der Waals surface area contributed by atoms with E-state index in [1.54, 1.807) is 18.2 Å². The fourth-order valence-corrected chi connectivity index (χ4v) is 2.88. The third kappa shape index (κ3) is 2.66. The van der Waals surface area contributed by atoms with Gasteiger partial charge in [0, 0.05) is 6.20 Å². The number of aromatic nitrogens is 3. The molecule has 3 aromatic rings. The highest BCUT2D eigenvalue weighted by molar-refractivity contribution is 7.99. The number of halogens is 1. The van der Waals surface area contributed by atoms with E-state index in [1.807, 2.05) is 25.1 Å². The second-order valence-electron chi connectivity index (χ2n) is 4.32. The van der Waals surface area contributed by atoms with Crippen molar-refractivity contribution in [3.8, 4) is 5.82 Å². The van der Waals surface area contributed by atoms with Crippen molar-refractivity contribution in [2.75, 3.05) is 5.75 Å². The smallest absolute Gasteiger partial charge is 0.267 e. The zero-order valence-corrected chi connectivity index (χ0v) is 12.9. The van der Waals surface area contributed by atoms with E-state index in [0.29, 0.717) is 26.9 Å². The van der Waals surface area contributed by atoms with Gasteiger partial charge in [-0.05, 0) is 30.0 Å². The summed E-state index contributed by atoms with van der Waals surface area (Å²) in [4.78, 5) is 21.6. The normalized spacial score (nSPS) is 11.0. The molecule has 0 aliphatic heterocycles. The first-order valence-corrected chi connectivity index (χ1v) is 7.83. The van der Waals surface area contributed by atoms with Crippen LogP contribution in [0.5, 0.6) is 0 Å². The molecule has 1 aromatic carbocycles. The molecule has 0 aliphatic rings. The van der Waals surface area contributed by atoms with Crippen molar-refractivity contribution < 1.29 is 0 Å². The van der Waals surface area contributed by atoms with Crippen LogP contribution in [0.3, 0.4) is 0 Å². The number of thioether (sulfide) groups is 1. The molecule has 106 valence electrons. The van der Waals surface area contributed by atoms with E-state index >= 15 is 0 Å². The van der Waals surface area contributed by atoms with Gasteiger partial charge in [-0.1, -0.05) is 42.4 Å². The van der Waals surface area contributed by atoms with Crippen molar-refractivity contribution in [2.45, 2.75) is 12.1 Å². The molecular weight excluding hydrogens is 306 g/mol. The Morgan fingerprint density at radius 2 is 2.05 bits per heavy atom. The first-order valence-electron chi connectivity index (χ1n) is 6.47. The van der Waals surface area contributed by atoms with Crippen molar-refractivity contribution in [3.05, 3.63) is 58.0 Å². The Labute approximate surface area is 130 Å². The van der Waals surface area contributed by atoms with Crippen LogP contribution in [0, 0.1) is 0 Å². The quantitative estimate of drug-likeness (QED) is 0.547. The molecule has 0 amide bonds. The average molecular weight is 318 g/mol. The molecule has 0 bridgehead atoms. The van der Waals surface area contributed by atoms with Gasteiger partial charge < -0.3 is 0 Å². The molecular formula is C15H12ClN3OS. The summed E-state index contributed by atoms with van der Waals surface area (Å²) in [5.74, 6) is 1.34. The van der Waals surface area contributed by atoms with Gasteiger partial charge in [0.25, 0.3) is 5.56 Å². The van der Waals surface area contributed by atoms with Gasteiger partial charge in [-0.2, -0.15) is 0 Å². The van der Waals surface area contributed by atoms with Crippen LogP contribution < -0.4 is 5.56 Å². The first-order chi connectivity index (χ1) is 10.2. The van der Waals surface area contributed by atoms with E-state index in [4.69, 9.17) is 11.6 Å². The highest BCUT2D eigenvalue weighted by atomic mass is 35.5. The lowest BCUT2D eigenvalue weighted by Crippen LogP contribution is -2.22. The van der Waals surface area contributed by atoms with Crippen LogP contribution >= 0.6 is 23.4 Å². The predicted molar refractivity (Wildman–Crippen MR) is 86.5 cm³/mol. The Morgan fingerprint density at radius 3 is 2.76 bits per heavy atom. The van der Waals surface area contributed by atoms with Gasteiger partial charge in [-0.15, -0.1) is 0 Å². The predicted octanol–water partition coefficient (Wildman–Crippen LogP) is 3.55. The summed E-state index contributed by atoms with van der Waals surface area (Å²) in [6.07, 6.45) is 1.53. The second kappa shape index (κ2) is 5.87. The average Bonchev–Trinajstić information content (AvgIpc) is 2.49. The summed E-state index contributed by atoms with van der Waals surface area (Å²) in [7, 11) is 0. The molecule has 21 heavy (non-hydrogen) atoms. The summed E-state index contributed by atoms with van der Waals surface area (Å²) < 4.78 is 1.53. The zero-order chi connectivity index (χ0) is 14.8. The van der Waals surface area contributed by atoms with Crippen LogP contribution in [-0.4, -0.2) is 20.3 Å². The number of benzene rings is 1. The van der Waals surface area contributed by atoms with Crippen LogP contribution in [0.1, 0.15) is 6.92 Å². The van der Waals surface area contributed by atoms with Crippen LogP contribution in [0.4, 0.5) is 0 Å². The Hall–Kier alpha value is -1.85. The SMILES string of the molecule is CCSc1nc2ccccc2c(=O)n1-c1ccc(Cl)cn1. The standard InChI is InChI=1S/C15H12ClN3OS/c1-2-21-15-18-12-6-4-3-5-11(12)14(20)19(15)13-8-7-10(16)9-17-13/h3-9H,2H2,1H3. The van der Waals surface area contributed by atoms with Crippen molar-refractivity contribution in [1.29, 1.82) is 0 Å². The Kier molecular flexibility index (Phi) is 3.94. The van der Waals surface area contributed by atoms with Gasteiger partial charge in [-0.3, -0.25) is 4.79 Å².